The third kappa shape index (κ3) is 4.38. The maximum atomic E-state index is 11.4. The van der Waals surface area contributed by atoms with Crippen LogP contribution in [-0.4, -0.2) is 30.3 Å². The second-order valence-electron chi connectivity index (χ2n) is 4.10. The number of rotatable bonds is 5. The highest BCUT2D eigenvalue weighted by Gasteiger charge is 2.18. The molecule has 0 aliphatic heterocycles. The number of benzene rings is 1. The molecule has 1 unspecified atom stereocenters. The van der Waals surface area contributed by atoms with E-state index in [2.05, 4.69) is 20.7 Å². The lowest BCUT2D eigenvalue weighted by molar-refractivity contribution is -0.148. The summed E-state index contributed by atoms with van der Waals surface area (Å²) in [5.41, 5.74) is 1.34. The number of aliphatic carboxylic acids is 1. The molecule has 1 aromatic rings. The molecule has 1 aromatic carbocycles. The van der Waals surface area contributed by atoms with E-state index in [1.165, 1.54) is 13.2 Å². The lowest BCUT2D eigenvalue weighted by atomic mass is 10.1. The van der Waals surface area contributed by atoms with Crippen LogP contribution in [0.4, 0.5) is 0 Å². The van der Waals surface area contributed by atoms with Gasteiger partial charge < -0.3 is 14.6 Å². The third-order valence-corrected chi connectivity index (χ3v) is 2.96. The molecule has 0 aromatic heterocycles. The Kier molecular flexibility index (Phi) is 5.76. The zero-order chi connectivity index (χ0) is 15.3. The van der Waals surface area contributed by atoms with Gasteiger partial charge in [0.1, 0.15) is 5.75 Å². The minimum Gasteiger partial charge on any atom is -0.478 e. The van der Waals surface area contributed by atoms with Crippen LogP contribution in [0.15, 0.2) is 22.7 Å². The summed E-state index contributed by atoms with van der Waals surface area (Å²) >= 11 is 3.33. The van der Waals surface area contributed by atoms with Crippen molar-refractivity contribution in [2.45, 2.75) is 20.0 Å². The Labute approximate surface area is 125 Å². The van der Waals surface area contributed by atoms with Crippen LogP contribution >= 0.6 is 15.9 Å². The van der Waals surface area contributed by atoms with Crippen molar-refractivity contribution in [1.29, 1.82) is 0 Å². The summed E-state index contributed by atoms with van der Waals surface area (Å²) in [7, 11) is 1.28. The average Bonchev–Trinajstić information content (AvgIpc) is 2.38. The first-order chi connectivity index (χ1) is 9.35. The van der Waals surface area contributed by atoms with Crippen LogP contribution in [0, 0.1) is 6.92 Å². The van der Waals surface area contributed by atoms with Crippen LogP contribution in [0.1, 0.15) is 18.1 Å². The van der Waals surface area contributed by atoms with E-state index in [4.69, 9.17) is 9.84 Å². The predicted octanol–water partition coefficient (Wildman–Crippen LogP) is 2.80. The van der Waals surface area contributed by atoms with Crippen molar-refractivity contribution >= 4 is 33.9 Å². The zero-order valence-corrected chi connectivity index (χ0v) is 12.9. The maximum absolute atomic E-state index is 11.4. The Bertz CT molecular complexity index is 551. The summed E-state index contributed by atoms with van der Waals surface area (Å²) in [6.45, 7) is 3.38. The van der Waals surface area contributed by atoms with Crippen molar-refractivity contribution in [3.63, 3.8) is 0 Å². The first kappa shape index (κ1) is 16.2. The highest BCUT2D eigenvalue weighted by molar-refractivity contribution is 9.10. The minimum absolute atomic E-state index is 0.448. The van der Waals surface area contributed by atoms with Gasteiger partial charge in [-0.25, -0.2) is 9.59 Å². The number of halogens is 1. The molecule has 108 valence electrons. The van der Waals surface area contributed by atoms with Gasteiger partial charge in [0.15, 0.2) is 6.10 Å². The van der Waals surface area contributed by atoms with Crippen molar-refractivity contribution in [2.75, 3.05) is 7.11 Å². The number of carbonyl (C=O) groups is 2. The molecular formula is C14H15BrO5. The molecule has 0 aliphatic carbocycles. The predicted molar refractivity (Wildman–Crippen MR) is 77.7 cm³/mol. The molecule has 0 spiro atoms. The Balaban J connectivity index is 3.16. The molecule has 0 amide bonds. The molecule has 20 heavy (non-hydrogen) atoms. The molecule has 0 bridgehead atoms. The van der Waals surface area contributed by atoms with E-state index in [1.807, 2.05) is 13.0 Å². The lowest BCUT2D eigenvalue weighted by Gasteiger charge is -2.17. The summed E-state index contributed by atoms with van der Waals surface area (Å²) in [5, 5.41) is 8.70. The van der Waals surface area contributed by atoms with E-state index in [0.29, 0.717) is 11.3 Å². The van der Waals surface area contributed by atoms with Crippen LogP contribution < -0.4 is 4.74 Å². The van der Waals surface area contributed by atoms with Gasteiger partial charge in [-0.05, 0) is 37.6 Å². The number of carbonyl (C=O) groups excluding carboxylic acids is 1. The van der Waals surface area contributed by atoms with E-state index >= 15 is 0 Å². The van der Waals surface area contributed by atoms with E-state index in [1.54, 1.807) is 13.0 Å². The molecule has 1 atom stereocenters. The van der Waals surface area contributed by atoms with Crippen molar-refractivity contribution in [3.05, 3.63) is 33.8 Å². The number of esters is 1. The first-order valence-corrected chi connectivity index (χ1v) is 6.60. The van der Waals surface area contributed by atoms with E-state index < -0.39 is 18.0 Å². The number of ether oxygens (including phenoxy) is 2. The fourth-order valence-electron chi connectivity index (χ4n) is 1.59. The fraction of sp³-hybridized carbons (Fsp3) is 0.286. The fourth-order valence-corrected chi connectivity index (χ4v) is 2.18. The molecule has 0 radical (unpaired) electrons. The van der Waals surface area contributed by atoms with E-state index in [0.717, 1.165) is 16.1 Å². The molecular weight excluding hydrogens is 328 g/mol. The Morgan fingerprint density at radius 1 is 1.40 bits per heavy atom. The molecule has 0 fully saturated rings. The SMILES string of the molecule is COC(=O)C(C)Oc1c(C)cc(Br)cc1/C=C/C(=O)O. The largest absolute Gasteiger partial charge is 0.478 e. The zero-order valence-electron chi connectivity index (χ0n) is 11.3. The van der Waals surface area contributed by atoms with Gasteiger partial charge in [0, 0.05) is 16.1 Å². The number of methoxy groups -OCH3 is 1. The summed E-state index contributed by atoms with van der Waals surface area (Å²) in [5.74, 6) is -1.11. The summed E-state index contributed by atoms with van der Waals surface area (Å²) < 4.78 is 11.0. The number of carboxylic acids is 1. The van der Waals surface area contributed by atoms with E-state index in [9.17, 15) is 9.59 Å². The average molecular weight is 343 g/mol. The van der Waals surface area contributed by atoms with Crippen LogP contribution in [0.2, 0.25) is 0 Å². The van der Waals surface area contributed by atoms with Crippen LogP contribution in [0.25, 0.3) is 6.08 Å². The Morgan fingerprint density at radius 3 is 2.60 bits per heavy atom. The monoisotopic (exact) mass is 342 g/mol. The van der Waals surface area contributed by atoms with Gasteiger partial charge in [-0.2, -0.15) is 0 Å². The topological polar surface area (TPSA) is 72.8 Å². The van der Waals surface area contributed by atoms with E-state index in [-0.39, 0.29) is 0 Å². The van der Waals surface area contributed by atoms with Crippen molar-refractivity contribution in [3.8, 4) is 5.75 Å². The molecule has 6 heteroatoms. The van der Waals surface area contributed by atoms with Gasteiger partial charge in [-0.15, -0.1) is 0 Å². The van der Waals surface area contributed by atoms with Gasteiger partial charge in [-0.1, -0.05) is 15.9 Å². The maximum Gasteiger partial charge on any atom is 0.346 e. The normalized spacial score (nSPS) is 12.2. The summed E-state index contributed by atoms with van der Waals surface area (Å²) in [6, 6.07) is 3.53. The number of hydrogen-bond acceptors (Lipinski definition) is 4. The molecule has 1 rings (SSSR count). The first-order valence-electron chi connectivity index (χ1n) is 5.80. The second kappa shape index (κ2) is 7.09. The molecule has 1 N–H and O–H groups in total. The van der Waals surface area contributed by atoms with Crippen LogP contribution in [0.3, 0.4) is 0 Å². The molecule has 0 saturated carbocycles. The Morgan fingerprint density at radius 2 is 2.05 bits per heavy atom. The van der Waals surface area contributed by atoms with Gasteiger partial charge in [0.25, 0.3) is 0 Å². The standard InChI is InChI=1S/C14H15BrO5/c1-8-6-11(15)7-10(4-5-12(16)17)13(8)20-9(2)14(18)19-3/h4-7,9H,1-3H3,(H,16,17)/b5-4+. The smallest absolute Gasteiger partial charge is 0.346 e. The molecule has 0 saturated heterocycles. The number of aryl methyl sites for hydroxylation is 1. The quantitative estimate of drug-likeness (QED) is 0.657. The second-order valence-corrected chi connectivity index (χ2v) is 5.01. The van der Waals surface area contributed by atoms with Gasteiger partial charge >= 0.3 is 11.9 Å². The van der Waals surface area contributed by atoms with Crippen LogP contribution in [-0.2, 0) is 14.3 Å². The van der Waals surface area contributed by atoms with Crippen molar-refractivity contribution in [2.24, 2.45) is 0 Å². The minimum atomic E-state index is -1.06. The number of hydrogen-bond donors (Lipinski definition) is 1. The van der Waals surface area contributed by atoms with Crippen LogP contribution in [0.5, 0.6) is 5.75 Å². The highest BCUT2D eigenvalue weighted by Crippen LogP contribution is 2.30. The highest BCUT2D eigenvalue weighted by atomic mass is 79.9. The van der Waals surface area contributed by atoms with Gasteiger partial charge in [0.05, 0.1) is 7.11 Å². The van der Waals surface area contributed by atoms with Gasteiger partial charge in [-0.3, -0.25) is 0 Å². The molecule has 0 heterocycles. The van der Waals surface area contributed by atoms with Crippen molar-refractivity contribution in [1.82, 2.24) is 0 Å². The van der Waals surface area contributed by atoms with Crippen molar-refractivity contribution < 1.29 is 24.2 Å². The molecule has 0 aliphatic rings. The van der Waals surface area contributed by atoms with Gasteiger partial charge in [0.2, 0.25) is 0 Å². The number of carboxylic acid groups (broad SMARTS) is 1. The lowest BCUT2D eigenvalue weighted by Crippen LogP contribution is -2.25. The third-order valence-electron chi connectivity index (χ3n) is 2.50. The summed E-state index contributed by atoms with van der Waals surface area (Å²) in [4.78, 5) is 22.0. The Hall–Kier alpha value is -1.82. The summed E-state index contributed by atoms with van der Waals surface area (Å²) in [6.07, 6.45) is 1.65. The molecule has 5 nitrogen and oxygen atoms in total.